The molecule has 0 radical (unpaired) electrons. The zero-order valence-corrected chi connectivity index (χ0v) is 16.8. The van der Waals surface area contributed by atoms with Crippen LogP contribution in [0, 0.1) is 17.3 Å². The molecule has 3 heteroatoms. The summed E-state index contributed by atoms with van der Waals surface area (Å²) in [5.74, 6) is 2.36. The first-order valence-electron chi connectivity index (χ1n) is 9.62. The molecule has 1 saturated carbocycles. The zero-order valence-electron chi connectivity index (χ0n) is 16.8. The van der Waals surface area contributed by atoms with Crippen molar-refractivity contribution in [3.05, 3.63) is 71.8 Å². The molecule has 0 amide bonds. The van der Waals surface area contributed by atoms with Gasteiger partial charge in [-0.15, -0.1) is 0 Å². The van der Waals surface area contributed by atoms with Crippen LogP contribution >= 0.6 is 0 Å². The highest BCUT2D eigenvalue weighted by Crippen LogP contribution is 2.63. The van der Waals surface area contributed by atoms with Crippen LogP contribution in [0.4, 0.5) is 0 Å². The van der Waals surface area contributed by atoms with Crippen molar-refractivity contribution >= 4 is 0 Å². The molecule has 0 heterocycles. The monoisotopic (exact) mass is 366 g/mol. The van der Waals surface area contributed by atoms with E-state index in [1.165, 1.54) is 5.57 Å². The van der Waals surface area contributed by atoms with Gasteiger partial charge < -0.3 is 4.74 Å². The van der Waals surface area contributed by atoms with Crippen molar-refractivity contribution in [3.63, 3.8) is 0 Å². The fraction of sp³-hybridized carbons (Fsp3) is 0.417. The van der Waals surface area contributed by atoms with Gasteiger partial charge in [-0.25, -0.2) is 4.89 Å². The van der Waals surface area contributed by atoms with Gasteiger partial charge in [0.05, 0.1) is 0 Å². The van der Waals surface area contributed by atoms with Crippen LogP contribution in [-0.4, -0.2) is 11.4 Å². The average Bonchev–Trinajstić information content (AvgIpc) is 3.16. The molecular weight excluding hydrogens is 336 g/mol. The first-order chi connectivity index (χ1) is 12.8. The van der Waals surface area contributed by atoms with E-state index in [0.717, 1.165) is 17.1 Å². The Morgan fingerprint density at radius 2 is 1.70 bits per heavy atom. The summed E-state index contributed by atoms with van der Waals surface area (Å²) in [6.07, 6.45) is 2.05. The summed E-state index contributed by atoms with van der Waals surface area (Å²) in [6, 6.07) is 17.8. The Morgan fingerprint density at radius 3 is 2.33 bits per heavy atom. The predicted octanol–water partition coefficient (Wildman–Crippen LogP) is 6.68. The highest BCUT2D eigenvalue weighted by atomic mass is 17.1. The van der Waals surface area contributed by atoms with Crippen molar-refractivity contribution in [3.8, 4) is 11.5 Å². The lowest BCUT2D eigenvalue weighted by molar-refractivity contribution is -0.290. The molecule has 4 atom stereocenters. The summed E-state index contributed by atoms with van der Waals surface area (Å²) in [5.41, 5.74) is 2.52. The van der Waals surface area contributed by atoms with Crippen LogP contribution in [0.3, 0.4) is 0 Å². The third-order valence-electron chi connectivity index (χ3n) is 5.84. The van der Waals surface area contributed by atoms with E-state index in [0.29, 0.717) is 5.92 Å². The molecule has 27 heavy (non-hydrogen) atoms. The molecule has 1 aliphatic rings. The minimum absolute atomic E-state index is 0.0501. The molecule has 3 nitrogen and oxygen atoms in total. The number of hydrogen-bond donors (Lipinski definition) is 1. The number of allylic oxidation sites excluding steroid dienone is 2. The highest BCUT2D eigenvalue weighted by molar-refractivity contribution is 5.36. The number of ether oxygens (including phenoxy) is 1. The summed E-state index contributed by atoms with van der Waals surface area (Å²) in [6.45, 7) is 10.8. The fourth-order valence-corrected chi connectivity index (χ4v) is 4.17. The van der Waals surface area contributed by atoms with Crippen LogP contribution < -0.4 is 4.74 Å². The first-order valence-corrected chi connectivity index (χ1v) is 9.62. The van der Waals surface area contributed by atoms with E-state index in [4.69, 9.17) is 9.62 Å². The van der Waals surface area contributed by atoms with Gasteiger partial charge in [0.2, 0.25) is 0 Å². The van der Waals surface area contributed by atoms with E-state index >= 15 is 0 Å². The Kier molecular flexibility index (Phi) is 5.73. The van der Waals surface area contributed by atoms with Crippen molar-refractivity contribution in [2.24, 2.45) is 17.3 Å². The van der Waals surface area contributed by atoms with Gasteiger partial charge in [0.1, 0.15) is 17.6 Å². The molecule has 1 aliphatic carbocycles. The lowest BCUT2D eigenvalue weighted by atomic mass is 9.89. The fourth-order valence-electron chi connectivity index (χ4n) is 4.17. The van der Waals surface area contributed by atoms with E-state index in [1.807, 2.05) is 48.5 Å². The van der Waals surface area contributed by atoms with E-state index in [9.17, 15) is 5.26 Å². The molecule has 144 valence electrons. The predicted molar refractivity (Wildman–Crippen MR) is 109 cm³/mol. The Hall–Kier alpha value is -2.10. The molecule has 2 aromatic rings. The smallest absolute Gasteiger partial charge is 0.127 e. The molecular formula is C24H30O3. The molecule has 0 saturated heterocycles. The minimum Gasteiger partial charge on any atom is -0.457 e. The third-order valence-corrected chi connectivity index (χ3v) is 5.84. The minimum atomic E-state index is -0.257. The van der Waals surface area contributed by atoms with Crippen LogP contribution in [0.2, 0.25) is 0 Å². The van der Waals surface area contributed by atoms with Crippen molar-refractivity contribution < 1.29 is 14.9 Å². The first kappa shape index (κ1) is 19.7. The molecule has 0 spiro atoms. The van der Waals surface area contributed by atoms with Crippen LogP contribution in [0.25, 0.3) is 0 Å². The Bertz CT molecular complexity index is 790. The van der Waals surface area contributed by atoms with Gasteiger partial charge in [-0.3, -0.25) is 5.26 Å². The molecule has 0 aromatic heterocycles. The zero-order chi connectivity index (χ0) is 19.6. The summed E-state index contributed by atoms with van der Waals surface area (Å²) < 4.78 is 5.96. The maximum absolute atomic E-state index is 9.70. The average molecular weight is 367 g/mol. The Morgan fingerprint density at radius 1 is 1.04 bits per heavy atom. The van der Waals surface area contributed by atoms with E-state index < -0.39 is 0 Å². The van der Waals surface area contributed by atoms with Gasteiger partial charge in [0.25, 0.3) is 0 Å². The maximum Gasteiger partial charge on any atom is 0.127 e. The quantitative estimate of drug-likeness (QED) is 0.337. The lowest BCUT2D eigenvalue weighted by Crippen LogP contribution is -2.24. The molecule has 0 bridgehead atoms. The van der Waals surface area contributed by atoms with Crippen molar-refractivity contribution in [2.45, 2.75) is 46.6 Å². The maximum atomic E-state index is 9.70. The van der Waals surface area contributed by atoms with E-state index in [1.54, 1.807) is 0 Å². The summed E-state index contributed by atoms with van der Waals surface area (Å²) in [7, 11) is 0. The lowest BCUT2D eigenvalue weighted by Gasteiger charge is -2.23. The Labute approximate surface area is 162 Å². The number of para-hydroxylation sites is 1. The molecule has 1 N–H and O–H groups in total. The second-order valence-corrected chi connectivity index (χ2v) is 8.46. The SMILES string of the molecule is CC(C)=CC1C(C(OO)C(C)c2cccc(Oc3ccccc3)c2)C1(C)C. The second-order valence-electron chi connectivity index (χ2n) is 8.46. The normalized spacial score (nSPS) is 22.6. The number of hydrogen-bond acceptors (Lipinski definition) is 3. The molecule has 3 rings (SSSR count). The van der Waals surface area contributed by atoms with Crippen molar-refractivity contribution in [1.29, 1.82) is 0 Å². The van der Waals surface area contributed by atoms with Gasteiger partial charge in [0, 0.05) is 11.8 Å². The van der Waals surface area contributed by atoms with Crippen LogP contribution in [-0.2, 0) is 4.89 Å². The van der Waals surface area contributed by atoms with Gasteiger partial charge in [0.15, 0.2) is 0 Å². The summed E-state index contributed by atoms with van der Waals surface area (Å²) in [5, 5.41) is 9.70. The Balaban J connectivity index is 1.79. The van der Waals surface area contributed by atoms with Crippen LogP contribution in [0.15, 0.2) is 66.2 Å². The standard InChI is InChI=1S/C24H30O3/c1-16(2)14-21-22(24(21,4)5)23(27-25)17(3)18-10-9-13-20(15-18)26-19-11-7-6-8-12-19/h6-15,17,21-23,25H,1-5H3. The molecule has 1 fully saturated rings. The highest BCUT2D eigenvalue weighted by Gasteiger charge is 2.61. The summed E-state index contributed by atoms with van der Waals surface area (Å²) >= 11 is 0. The van der Waals surface area contributed by atoms with Crippen molar-refractivity contribution in [2.75, 3.05) is 0 Å². The third kappa shape index (κ3) is 4.26. The van der Waals surface area contributed by atoms with Gasteiger partial charge in [-0.05, 0) is 55.0 Å². The van der Waals surface area contributed by atoms with Gasteiger partial charge in [-0.2, -0.15) is 0 Å². The van der Waals surface area contributed by atoms with E-state index in [2.05, 4.69) is 46.8 Å². The van der Waals surface area contributed by atoms with Crippen LogP contribution in [0.5, 0.6) is 11.5 Å². The topological polar surface area (TPSA) is 38.7 Å². The molecule has 0 aliphatic heterocycles. The number of benzene rings is 2. The molecule has 2 aromatic carbocycles. The van der Waals surface area contributed by atoms with Gasteiger partial charge in [-0.1, -0.05) is 62.8 Å². The summed E-state index contributed by atoms with van der Waals surface area (Å²) in [4.78, 5) is 5.03. The van der Waals surface area contributed by atoms with Crippen molar-refractivity contribution in [1.82, 2.24) is 0 Å². The second kappa shape index (κ2) is 7.87. The molecule has 4 unspecified atom stereocenters. The van der Waals surface area contributed by atoms with Gasteiger partial charge >= 0.3 is 0 Å². The van der Waals surface area contributed by atoms with E-state index in [-0.39, 0.29) is 23.4 Å². The van der Waals surface area contributed by atoms with Crippen LogP contribution in [0.1, 0.15) is 46.1 Å². The largest absolute Gasteiger partial charge is 0.457 e. The number of rotatable bonds is 7.